The van der Waals surface area contributed by atoms with E-state index in [2.05, 4.69) is 0 Å². The number of carboxylic acid groups (broad SMARTS) is 1. The fourth-order valence-electron chi connectivity index (χ4n) is 3.01. The van der Waals surface area contributed by atoms with Gasteiger partial charge in [0.1, 0.15) is 6.04 Å². The van der Waals surface area contributed by atoms with Crippen LogP contribution in [-0.4, -0.2) is 57.9 Å². The zero-order chi connectivity index (χ0) is 15.8. The number of piperidine rings is 1. The predicted octanol–water partition coefficient (Wildman–Crippen LogP) is 1.59. The van der Waals surface area contributed by atoms with Crippen molar-refractivity contribution < 1.29 is 18.3 Å². The first-order valence-electron chi connectivity index (χ1n) is 7.41. The Labute approximate surface area is 131 Å². The van der Waals surface area contributed by atoms with E-state index >= 15 is 0 Å². The van der Waals surface area contributed by atoms with E-state index in [1.807, 2.05) is 20.8 Å². The molecule has 3 atom stereocenters. The van der Waals surface area contributed by atoms with E-state index in [1.165, 1.54) is 20.4 Å². The minimum Gasteiger partial charge on any atom is -0.480 e. The van der Waals surface area contributed by atoms with Gasteiger partial charge in [0.2, 0.25) is 0 Å². The minimum atomic E-state index is -3.73. The Balaban J connectivity index is 2.35. The van der Waals surface area contributed by atoms with Gasteiger partial charge >= 0.3 is 5.97 Å². The van der Waals surface area contributed by atoms with Crippen LogP contribution in [0.5, 0.6) is 0 Å². The van der Waals surface area contributed by atoms with Crippen LogP contribution in [0.15, 0.2) is 0 Å². The molecule has 2 aliphatic rings. The standard InChI is InChI=1S/C13H24N2O4S2/c1-9(2)12-15(11(8-20-12)13(16)17)21(18,19)14-7-5-4-6-10(14)3/h9-12H,4-8H2,1-3H3,(H,16,17). The van der Waals surface area contributed by atoms with Gasteiger partial charge in [0.25, 0.3) is 10.2 Å². The molecule has 0 aromatic heterocycles. The van der Waals surface area contributed by atoms with Gasteiger partial charge < -0.3 is 5.11 Å². The molecule has 3 unspecified atom stereocenters. The van der Waals surface area contributed by atoms with Crippen LogP contribution in [0.25, 0.3) is 0 Å². The normalized spacial score (nSPS) is 32.7. The van der Waals surface area contributed by atoms with Gasteiger partial charge in [-0.3, -0.25) is 4.79 Å². The van der Waals surface area contributed by atoms with Crippen molar-refractivity contribution >= 4 is 27.9 Å². The molecular formula is C13H24N2O4S2. The van der Waals surface area contributed by atoms with Crippen molar-refractivity contribution in [2.24, 2.45) is 5.92 Å². The fraction of sp³-hybridized carbons (Fsp3) is 0.923. The van der Waals surface area contributed by atoms with Crippen molar-refractivity contribution in [3.8, 4) is 0 Å². The molecule has 21 heavy (non-hydrogen) atoms. The lowest BCUT2D eigenvalue weighted by atomic mass is 10.1. The Morgan fingerprint density at radius 2 is 2.00 bits per heavy atom. The first-order chi connectivity index (χ1) is 9.76. The Kier molecular flexibility index (Phi) is 5.23. The fourth-order valence-corrected chi connectivity index (χ4v) is 7.13. The van der Waals surface area contributed by atoms with E-state index in [9.17, 15) is 18.3 Å². The molecule has 122 valence electrons. The Bertz CT molecular complexity index is 494. The molecule has 2 heterocycles. The highest BCUT2D eigenvalue weighted by atomic mass is 32.2. The molecule has 0 bridgehead atoms. The molecule has 8 heteroatoms. The molecular weight excluding hydrogens is 312 g/mol. The van der Waals surface area contributed by atoms with Gasteiger partial charge in [-0.15, -0.1) is 11.8 Å². The summed E-state index contributed by atoms with van der Waals surface area (Å²) in [5, 5.41) is 9.07. The van der Waals surface area contributed by atoms with E-state index in [1.54, 1.807) is 0 Å². The van der Waals surface area contributed by atoms with Gasteiger partial charge in [-0.1, -0.05) is 20.3 Å². The van der Waals surface area contributed by atoms with Gasteiger partial charge in [0.15, 0.2) is 0 Å². The summed E-state index contributed by atoms with van der Waals surface area (Å²) >= 11 is 1.43. The molecule has 6 nitrogen and oxygen atoms in total. The van der Waals surface area contributed by atoms with E-state index < -0.39 is 22.2 Å². The van der Waals surface area contributed by atoms with Crippen molar-refractivity contribution in [1.29, 1.82) is 0 Å². The monoisotopic (exact) mass is 336 g/mol. The second kappa shape index (κ2) is 6.44. The van der Waals surface area contributed by atoms with Crippen LogP contribution in [0, 0.1) is 5.92 Å². The topological polar surface area (TPSA) is 77.9 Å². The average Bonchev–Trinajstić information content (AvgIpc) is 2.84. The third-order valence-electron chi connectivity index (χ3n) is 4.14. The van der Waals surface area contributed by atoms with Crippen LogP contribution in [0.2, 0.25) is 0 Å². The van der Waals surface area contributed by atoms with Crippen molar-refractivity contribution in [3.05, 3.63) is 0 Å². The summed E-state index contributed by atoms with van der Waals surface area (Å²) in [4.78, 5) is 11.5. The van der Waals surface area contributed by atoms with Gasteiger partial charge in [0.05, 0.1) is 5.37 Å². The lowest BCUT2D eigenvalue weighted by Crippen LogP contribution is -2.55. The number of hydrogen-bond acceptors (Lipinski definition) is 4. The molecule has 2 saturated heterocycles. The lowest BCUT2D eigenvalue weighted by Gasteiger charge is -2.38. The zero-order valence-corrected chi connectivity index (χ0v) is 14.4. The Morgan fingerprint density at radius 1 is 1.33 bits per heavy atom. The molecule has 2 rings (SSSR count). The summed E-state index contributed by atoms with van der Waals surface area (Å²) in [6.07, 6.45) is 2.71. The zero-order valence-electron chi connectivity index (χ0n) is 12.7. The summed E-state index contributed by atoms with van der Waals surface area (Å²) in [5.41, 5.74) is 0. The number of nitrogens with zero attached hydrogens (tertiary/aromatic N) is 2. The summed E-state index contributed by atoms with van der Waals surface area (Å²) < 4.78 is 28.7. The molecule has 0 radical (unpaired) electrons. The van der Waals surface area contributed by atoms with E-state index in [0.29, 0.717) is 12.3 Å². The van der Waals surface area contributed by atoms with Gasteiger partial charge in [-0.05, 0) is 25.7 Å². The largest absolute Gasteiger partial charge is 0.480 e. The second-order valence-electron chi connectivity index (χ2n) is 6.12. The first-order valence-corrected chi connectivity index (χ1v) is 9.86. The van der Waals surface area contributed by atoms with Crippen molar-refractivity contribution in [2.75, 3.05) is 12.3 Å². The number of carboxylic acids is 1. The predicted molar refractivity (Wildman–Crippen MR) is 83.3 cm³/mol. The number of aliphatic carboxylic acids is 1. The van der Waals surface area contributed by atoms with E-state index in [0.717, 1.165) is 19.3 Å². The summed E-state index contributed by atoms with van der Waals surface area (Å²) in [6.45, 7) is 6.26. The maximum Gasteiger partial charge on any atom is 0.322 e. The Hall–Kier alpha value is -0.310. The highest BCUT2D eigenvalue weighted by Crippen LogP contribution is 2.38. The maximum absolute atomic E-state index is 13.0. The average molecular weight is 336 g/mol. The van der Waals surface area contributed by atoms with Crippen molar-refractivity contribution in [2.45, 2.75) is 57.5 Å². The SMILES string of the molecule is CC(C)C1SCC(C(=O)O)N1S(=O)(=O)N1CCCCC1C. The summed E-state index contributed by atoms with van der Waals surface area (Å²) in [5.74, 6) is -0.660. The van der Waals surface area contributed by atoms with Crippen molar-refractivity contribution in [3.63, 3.8) is 0 Å². The van der Waals surface area contributed by atoms with Crippen LogP contribution in [0.4, 0.5) is 0 Å². The smallest absolute Gasteiger partial charge is 0.322 e. The van der Waals surface area contributed by atoms with Crippen LogP contribution >= 0.6 is 11.8 Å². The van der Waals surface area contributed by atoms with E-state index in [4.69, 9.17) is 0 Å². The number of carbonyl (C=O) groups is 1. The molecule has 2 fully saturated rings. The first kappa shape index (κ1) is 17.1. The van der Waals surface area contributed by atoms with Crippen LogP contribution in [0.3, 0.4) is 0 Å². The molecule has 2 aliphatic heterocycles. The molecule has 0 saturated carbocycles. The van der Waals surface area contributed by atoms with Crippen LogP contribution in [-0.2, 0) is 15.0 Å². The highest BCUT2D eigenvalue weighted by Gasteiger charge is 2.49. The van der Waals surface area contributed by atoms with Gasteiger partial charge in [-0.2, -0.15) is 17.0 Å². The highest BCUT2D eigenvalue weighted by molar-refractivity contribution is 8.01. The number of hydrogen-bond donors (Lipinski definition) is 1. The number of thioether (sulfide) groups is 1. The summed E-state index contributed by atoms with van der Waals surface area (Å²) in [6, 6.07) is -1.02. The minimum absolute atomic E-state index is 0.0587. The molecule has 0 aromatic carbocycles. The summed E-state index contributed by atoms with van der Waals surface area (Å²) in [7, 11) is -3.73. The molecule has 0 aromatic rings. The molecule has 0 spiro atoms. The van der Waals surface area contributed by atoms with Gasteiger partial charge in [-0.25, -0.2) is 0 Å². The third kappa shape index (κ3) is 3.23. The quantitative estimate of drug-likeness (QED) is 0.843. The molecule has 1 N–H and O–H groups in total. The second-order valence-corrected chi connectivity index (χ2v) is 9.05. The third-order valence-corrected chi connectivity index (χ3v) is 8.05. The van der Waals surface area contributed by atoms with E-state index in [-0.39, 0.29) is 17.3 Å². The molecule has 0 aliphatic carbocycles. The van der Waals surface area contributed by atoms with Crippen molar-refractivity contribution in [1.82, 2.24) is 8.61 Å². The van der Waals surface area contributed by atoms with Crippen LogP contribution < -0.4 is 0 Å². The van der Waals surface area contributed by atoms with Gasteiger partial charge in [0, 0.05) is 18.3 Å². The Morgan fingerprint density at radius 3 is 2.52 bits per heavy atom. The maximum atomic E-state index is 13.0. The lowest BCUT2D eigenvalue weighted by molar-refractivity contribution is -0.140. The van der Waals surface area contributed by atoms with Crippen LogP contribution in [0.1, 0.15) is 40.0 Å². The molecule has 0 amide bonds. The number of rotatable bonds is 4.